The van der Waals surface area contributed by atoms with E-state index in [0.717, 1.165) is 22.3 Å². The highest BCUT2D eigenvalue weighted by Gasteiger charge is 2.24. The second-order valence-electron chi connectivity index (χ2n) is 6.03. The van der Waals surface area contributed by atoms with Crippen LogP contribution in [-0.4, -0.2) is 17.7 Å². The van der Waals surface area contributed by atoms with Crippen molar-refractivity contribution >= 4 is 17.1 Å². The molecule has 0 radical (unpaired) electrons. The van der Waals surface area contributed by atoms with Gasteiger partial charge in [-0.25, -0.2) is 9.18 Å². The van der Waals surface area contributed by atoms with Gasteiger partial charge in [0, 0.05) is 11.1 Å². The predicted molar refractivity (Wildman–Crippen MR) is 97.7 cm³/mol. The second-order valence-corrected chi connectivity index (χ2v) is 6.03. The van der Waals surface area contributed by atoms with Crippen LogP contribution in [-0.2, 0) is 0 Å². The van der Waals surface area contributed by atoms with Crippen LogP contribution in [0.2, 0.25) is 0 Å². The Kier molecular flexibility index (Phi) is 4.01. The summed E-state index contributed by atoms with van der Waals surface area (Å²) in [6.07, 6.45) is 0. The molecule has 26 heavy (non-hydrogen) atoms. The summed E-state index contributed by atoms with van der Waals surface area (Å²) < 4.78 is 19.5. The normalized spacial score (nSPS) is 14.5. The maximum atomic E-state index is 13.8. The van der Waals surface area contributed by atoms with E-state index in [1.54, 1.807) is 24.3 Å². The number of carboxylic acid groups (broad SMARTS) is 1. The second kappa shape index (κ2) is 6.48. The van der Waals surface area contributed by atoms with Crippen LogP contribution >= 0.6 is 0 Å². The number of hydrogen-bond donors (Lipinski definition) is 1. The summed E-state index contributed by atoms with van der Waals surface area (Å²) in [7, 11) is 0. The Labute approximate surface area is 150 Å². The minimum atomic E-state index is -0.988. The van der Waals surface area contributed by atoms with Crippen LogP contribution in [0.25, 0.3) is 11.1 Å². The number of halogens is 1. The molecule has 0 amide bonds. The minimum absolute atomic E-state index is 0.204. The zero-order valence-electron chi connectivity index (χ0n) is 13.8. The summed E-state index contributed by atoms with van der Waals surface area (Å²) >= 11 is 0. The topological polar surface area (TPSA) is 46.5 Å². The van der Waals surface area contributed by atoms with E-state index in [1.165, 1.54) is 12.1 Å². The van der Waals surface area contributed by atoms with Gasteiger partial charge in [-0.05, 0) is 47.0 Å². The number of carboxylic acids is 1. The van der Waals surface area contributed by atoms with Gasteiger partial charge in [-0.2, -0.15) is 0 Å². The molecule has 4 rings (SSSR count). The number of fused-ring (bicyclic) bond motifs is 1. The average Bonchev–Trinajstić information content (AvgIpc) is 3.06. The van der Waals surface area contributed by atoms with Crippen molar-refractivity contribution in [1.82, 2.24) is 0 Å². The van der Waals surface area contributed by atoms with Crippen molar-refractivity contribution in [3.63, 3.8) is 0 Å². The molecule has 0 bridgehead atoms. The van der Waals surface area contributed by atoms with Crippen molar-refractivity contribution in [3.05, 3.63) is 101 Å². The highest BCUT2D eigenvalue weighted by Crippen LogP contribution is 2.40. The van der Waals surface area contributed by atoms with Crippen molar-refractivity contribution in [2.24, 2.45) is 0 Å². The van der Waals surface area contributed by atoms with Gasteiger partial charge in [0.1, 0.15) is 18.2 Å². The first-order chi connectivity index (χ1) is 12.6. The van der Waals surface area contributed by atoms with Gasteiger partial charge in [0.05, 0.1) is 5.56 Å². The molecule has 0 saturated carbocycles. The number of hydrogen-bond acceptors (Lipinski definition) is 2. The molecule has 0 aliphatic carbocycles. The lowest BCUT2D eigenvalue weighted by atomic mass is 9.89. The average molecular weight is 346 g/mol. The summed E-state index contributed by atoms with van der Waals surface area (Å²) in [5, 5.41) is 9.33. The van der Waals surface area contributed by atoms with Crippen molar-refractivity contribution in [1.29, 1.82) is 0 Å². The third kappa shape index (κ3) is 2.86. The molecule has 3 aromatic rings. The molecule has 0 fully saturated rings. The zero-order valence-corrected chi connectivity index (χ0v) is 13.8. The van der Waals surface area contributed by atoms with Crippen LogP contribution in [0.4, 0.5) is 4.39 Å². The van der Waals surface area contributed by atoms with Crippen molar-refractivity contribution < 1.29 is 19.0 Å². The van der Waals surface area contributed by atoms with E-state index in [9.17, 15) is 14.3 Å². The number of ether oxygens (including phenoxy) is 1. The SMILES string of the molecule is O=C(O)c1cccc(/C(=C2\COc3ccc(F)cc32)c2ccccc2)c1. The fraction of sp³-hybridized carbons (Fsp3) is 0.0455. The van der Waals surface area contributed by atoms with Crippen LogP contribution in [0.5, 0.6) is 5.75 Å². The highest BCUT2D eigenvalue weighted by molar-refractivity contribution is 6.02. The van der Waals surface area contributed by atoms with Gasteiger partial charge in [-0.15, -0.1) is 0 Å². The quantitative estimate of drug-likeness (QED) is 0.735. The van der Waals surface area contributed by atoms with Crippen molar-refractivity contribution in [2.75, 3.05) is 6.61 Å². The Balaban J connectivity index is 1.99. The summed E-state index contributed by atoms with van der Waals surface area (Å²) in [6.45, 7) is 0.306. The number of benzene rings is 3. The number of rotatable bonds is 3. The molecule has 128 valence electrons. The van der Waals surface area contributed by atoms with Crippen LogP contribution in [0.3, 0.4) is 0 Å². The molecule has 1 aliphatic rings. The monoisotopic (exact) mass is 346 g/mol. The van der Waals surface area contributed by atoms with Gasteiger partial charge < -0.3 is 9.84 Å². The van der Waals surface area contributed by atoms with E-state index < -0.39 is 5.97 Å². The molecule has 4 heteroatoms. The Bertz CT molecular complexity index is 1020. The van der Waals surface area contributed by atoms with E-state index in [4.69, 9.17) is 4.74 Å². The van der Waals surface area contributed by atoms with E-state index in [-0.39, 0.29) is 11.4 Å². The predicted octanol–water partition coefficient (Wildman–Crippen LogP) is 4.88. The molecule has 1 aliphatic heterocycles. The van der Waals surface area contributed by atoms with Crippen molar-refractivity contribution in [3.8, 4) is 5.75 Å². The lowest BCUT2D eigenvalue weighted by Crippen LogP contribution is -2.00. The van der Waals surface area contributed by atoms with Crippen LogP contribution in [0.1, 0.15) is 27.0 Å². The third-order valence-corrected chi connectivity index (χ3v) is 4.40. The largest absolute Gasteiger partial charge is 0.488 e. The van der Waals surface area contributed by atoms with E-state index in [1.807, 2.05) is 36.4 Å². The maximum absolute atomic E-state index is 13.8. The molecule has 3 nitrogen and oxygen atoms in total. The van der Waals surface area contributed by atoms with Gasteiger partial charge >= 0.3 is 5.97 Å². The first-order valence-electron chi connectivity index (χ1n) is 8.18. The van der Waals surface area contributed by atoms with Gasteiger partial charge in [0.2, 0.25) is 0 Å². The Morgan fingerprint density at radius 2 is 1.62 bits per heavy atom. The van der Waals surface area contributed by atoms with E-state index >= 15 is 0 Å². The summed E-state index contributed by atoms with van der Waals surface area (Å²) in [6, 6.07) is 20.9. The summed E-state index contributed by atoms with van der Waals surface area (Å²) in [5.41, 5.74) is 4.27. The molecule has 0 unspecified atom stereocenters. The van der Waals surface area contributed by atoms with E-state index in [2.05, 4.69) is 0 Å². The Morgan fingerprint density at radius 1 is 0.885 bits per heavy atom. The fourth-order valence-corrected chi connectivity index (χ4v) is 3.23. The van der Waals surface area contributed by atoms with Crippen molar-refractivity contribution in [2.45, 2.75) is 0 Å². The lowest BCUT2D eigenvalue weighted by molar-refractivity contribution is 0.0697. The third-order valence-electron chi connectivity index (χ3n) is 4.40. The Morgan fingerprint density at radius 3 is 2.38 bits per heavy atom. The first kappa shape index (κ1) is 16.1. The minimum Gasteiger partial charge on any atom is -0.488 e. The van der Waals surface area contributed by atoms with Gasteiger partial charge in [-0.1, -0.05) is 42.5 Å². The maximum Gasteiger partial charge on any atom is 0.335 e. The molecule has 0 aromatic heterocycles. The highest BCUT2D eigenvalue weighted by atomic mass is 19.1. The molecule has 3 aromatic carbocycles. The van der Waals surface area contributed by atoms with Crippen LogP contribution < -0.4 is 4.74 Å². The smallest absolute Gasteiger partial charge is 0.335 e. The van der Waals surface area contributed by atoms with E-state index in [0.29, 0.717) is 17.9 Å². The lowest BCUT2D eigenvalue weighted by Gasteiger charge is -2.13. The standard InChI is InChI=1S/C22H15FO3/c23-17-9-10-20-18(12-17)19(13-26-20)21(14-5-2-1-3-6-14)15-7-4-8-16(11-15)22(24)25/h1-12H,13H2,(H,24,25)/b21-19+. The molecule has 0 spiro atoms. The molecule has 0 saturated heterocycles. The zero-order chi connectivity index (χ0) is 18.1. The van der Waals surface area contributed by atoms with Gasteiger partial charge in [0.25, 0.3) is 0 Å². The molecule has 0 atom stereocenters. The number of aromatic carboxylic acids is 1. The molecular weight excluding hydrogens is 331 g/mol. The molecule has 1 heterocycles. The molecular formula is C22H15FO3. The van der Waals surface area contributed by atoms with Crippen LogP contribution in [0.15, 0.2) is 72.8 Å². The molecule has 1 N–H and O–H groups in total. The van der Waals surface area contributed by atoms with Gasteiger partial charge in [-0.3, -0.25) is 0 Å². The fourth-order valence-electron chi connectivity index (χ4n) is 3.23. The summed E-state index contributed by atoms with van der Waals surface area (Å²) in [4.78, 5) is 11.4. The Hall–Kier alpha value is -3.40. The van der Waals surface area contributed by atoms with Gasteiger partial charge in [0.15, 0.2) is 0 Å². The first-order valence-corrected chi connectivity index (χ1v) is 8.18. The number of carbonyl (C=O) groups is 1. The van der Waals surface area contributed by atoms with Crippen LogP contribution in [0, 0.1) is 5.82 Å². The summed E-state index contributed by atoms with van der Waals surface area (Å²) in [5.74, 6) is -0.693.